The fourth-order valence-electron chi connectivity index (χ4n) is 2.51. The molecule has 26 heavy (non-hydrogen) atoms. The van der Waals surface area contributed by atoms with E-state index in [-0.39, 0.29) is 17.0 Å². The van der Waals surface area contributed by atoms with Crippen LogP contribution in [0.4, 0.5) is 0 Å². The van der Waals surface area contributed by atoms with E-state index in [2.05, 4.69) is 0 Å². The molecule has 1 aromatic rings. The predicted octanol–water partition coefficient (Wildman–Crippen LogP) is 3.18. The minimum absolute atomic E-state index is 0.0666. The van der Waals surface area contributed by atoms with Crippen molar-refractivity contribution in [1.82, 2.24) is 0 Å². The lowest BCUT2D eigenvalue weighted by Crippen LogP contribution is -2.36. The van der Waals surface area contributed by atoms with Crippen LogP contribution in [-0.2, 0) is 19.6 Å². The molecule has 0 radical (unpaired) electrons. The Morgan fingerprint density at radius 2 is 1.85 bits per heavy atom. The first-order valence-electron chi connectivity index (χ1n) is 8.73. The maximum absolute atomic E-state index is 11.6. The maximum Gasteiger partial charge on any atom is 0.323 e. The van der Waals surface area contributed by atoms with Crippen LogP contribution in [0, 0.1) is 6.92 Å². The Balaban J connectivity index is 0.000000273. The Kier molecular flexibility index (Phi) is 10.2. The summed E-state index contributed by atoms with van der Waals surface area (Å²) in [5.74, 6) is 0.706. The summed E-state index contributed by atoms with van der Waals surface area (Å²) in [5.41, 5.74) is 6.69. The van der Waals surface area contributed by atoms with E-state index in [0.29, 0.717) is 6.42 Å². The molecule has 0 aromatic heterocycles. The first-order valence-corrected chi connectivity index (χ1v) is 11.6. The number of hydrogen-bond acceptors (Lipinski definition) is 6. The van der Waals surface area contributed by atoms with E-state index in [1.807, 2.05) is 13.2 Å². The molecule has 8 heteroatoms. The number of rotatable bonds is 6. The summed E-state index contributed by atoms with van der Waals surface area (Å²) in [6.45, 7) is 1.84. The number of ether oxygens (including phenoxy) is 1. The van der Waals surface area contributed by atoms with Crippen LogP contribution in [-0.4, -0.2) is 43.1 Å². The zero-order valence-electron chi connectivity index (χ0n) is 15.4. The first kappa shape index (κ1) is 23.0. The van der Waals surface area contributed by atoms with Crippen LogP contribution in [0.5, 0.6) is 0 Å². The van der Waals surface area contributed by atoms with Crippen molar-refractivity contribution in [2.24, 2.45) is 5.73 Å². The van der Waals surface area contributed by atoms with E-state index in [4.69, 9.17) is 15.0 Å². The second-order valence-electron chi connectivity index (χ2n) is 6.37. The fourth-order valence-corrected chi connectivity index (χ4v) is 3.48. The van der Waals surface area contributed by atoms with E-state index in [1.165, 1.54) is 31.4 Å². The molecule has 1 aliphatic carbocycles. The molecule has 0 heterocycles. The summed E-state index contributed by atoms with van der Waals surface area (Å²) in [4.78, 5) is 11.5. The van der Waals surface area contributed by atoms with Crippen LogP contribution in [0.3, 0.4) is 0 Å². The molecule has 0 unspecified atom stereocenters. The van der Waals surface area contributed by atoms with Crippen LogP contribution < -0.4 is 5.73 Å². The summed E-state index contributed by atoms with van der Waals surface area (Å²) in [6.07, 6.45) is 8.52. The quantitative estimate of drug-likeness (QED) is 0.555. The molecule has 0 aliphatic heterocycles. The molecule has 1 atom stereocenters. The largest absolute Gasteiger partial charge is 0.461 e. The van der Waals surface area contributed by atoms with Gasteiger partial charge in [0.15, 0.2) is 0 Å². The topological polar surface area (TPSA) is 107 Å². The Hall–Kier alpha value is -1.09. The molecular weight excluding hydrogens is 374 g/mol. The Bertz CT molecular complexity index is 640. The highest BCUT2D eigenvalue weighted by atomic mass is 32.2. The van der Waals surface area contributed by atoms with Crippen LogP contribution in [0.25, 0.3) is 0 Å². The van der Waals surface area contributed by atoms with E-state index in [9.17, 15) is 13.2 Å². The summed E-state index contributed by atoms with van der Waals surface area (Å²) in [7, 11) is -4.02. The van der Waals surface area contributed by atoms with Crippen molar-refractivity contribution < 1.29 is 22.5 Å². The van der Waals surface area contributed by atoms with Crippen molar-refractivity contribution in [3.63, 3.8) is 0 Å². The number of thioether (sulfide) groups is 1. The third-order valence-corrected chi connectivity index (χ3v) is 5.60. The molecule has 0 saturated heterocycles. The molecule has 1 saturated carbocycles. The van der Waals surface area contributed by atoms with E-state index >= 15 is 0 Å². The second-order valence-corrected chi connectivity index (χ2v) is 8.78. The highest BCUT2D eigenvalue weighted by Gasteiger charge is 2.21. The number of esters is 1. The molecule has 0 bridgehead atoms. The molecule has 0 amide bonds. The standard InChI is InChI=1S/C11H21NO2S.C7H8O3S/c1-15-8-7-10(12)11(13)14-9-5-3-2-4-6-9;1-6-2-4-7(5-3-6)11(8,9)10/h9-10H,2-8,12H2,1H3;2-5H,1H3,(H,8,9,10)/t10-;/m0./s1. The van der Waals surface area contributed by atoms with Crippen molar-refractivity contribution in [3.8, 4) is 0 Å². The number of carbonyl (C=O) groups is 1. The van der Waals surface area contributed by atoms with Gasteiger partial charge in [0.2, 0.25) is 0 Å². The van der Waals surface area contributed by atoms with Gasteiger partial charge in [-0.15, -0.1) is 0 Å². The number of carbonyl (C=O) groups excluding carboxylic acids is 1. The highest BCUT2D eigenvalue weighted by molar-refractivity contribution is 7.98. The van der Waals surface area contributed by atoms with Crippen LogP contribution in [0.2, 0.25) is 0 Å². The van der Waals surface area contributed by atoms with Gasteiger partial charge in [0.25, 0.3) is 10.1 Å². The van der Waals surface area contributed by atoms with Gasteiger partial charge < -0.3 is 10.5 Å². The van der Waals surface area contributed by atoms with Crippen molar-refractivity contribution in [1.29, 1.82) is 0 Å². The minimum atomic E-state index is -4.02. The maximum atomic E-state index is 11.6. The Labute approximate surface area is 160 Å². The van der Waals surface area contributed by atoms with Gasteiger partial charge in [-0.05, 0) is 63.2 Å². The zero-order chi connectivity index (χ0) is 19.6. The normalized spacial score (nSPS) is 16.3. The highest BCUT2D eigenvalue weighted by Crippen LogP contribution is 2.20. The molecular formula is C18H29NO5S2. The molecule has 1 aromatic carbocycles. The SMILES string of the molecule is CSCC[C@H](N)C(=O)OC1CCCCC1.Cc1ccc(S(=O)(=O)O)cc1. The monoisotopic (exact) mass is 403 g/mol. The summed E-state index contributed by atoms with van der Waals surface area (Å²) >= 11 is 1.71. The lowest BCUT2D eigenvalue weighted by molar-refractivity contribution is -0.152. The van der Waals surface area contributed by atoms with Gasteiger partial charge in [0.1, 0.15) is 12.1 Å². The third kappa shape index (κ3) is 9.02. The number of benzene rings is 1. The van der Waals surface area contributed by atoms with Crippen molar-refractivity contribution >= 4 is 27.8 Å². The van der Waals surface area contributed by atoms with Crippen LogP contribution in [0.15, 0.2) is 29.2 Å². The van der Waals surface area contributed by atoms with E-state index < -0.39 is 16.2 Å². The lowest BCUT2D eigenvalue weighted by Gasteiger charge is -2.23. The fraction of sp³-hybridized carbons (Fsp3) is 0.611. The van der Waals surface area contributed by atoms with E-state index in [1.54, 1.807) is 23.9 Å². The smallest absolute Gasteiger partial charge is 0.323 e. The molecule has 3 N–H and O–H groups in total. The summed E-state index contributed by atoms with van der Waals surface area (Å²) in [6, 6.07) is 5.56. The van der Waals surface area contributed by atoms with Gasteiger partial charge in [-0.1, -0.05) is 24.1 Å². The van der Waals surface area contributed by atoms with Crippen LogP contribution in [0.1, 0.15) is 44.1 Å². The number of hydrogen-bond donors (Lipinski definition) is 2. The Morgan fingerprint density at radius 3 is 2.35 bits per heavy atom. The van der Waals surface area contributed by atoms with Crippen molar-refractivity contribution in [2.45, 2.75) is 62.5 Å². The van der Waals surface area contributed by atoms with Gasteiger partial charge in [0.05, 0.1) is 4.90 Å². The molecule has 1 aliphatic rings. The van der Waals surface area contributed by atoms with Gasteiger partial charge in [0, 0.05) is 0 Å². The van der Waals surface area contributed by atoms with Gasteiger partial charge in [-0.25, -0.2) is 0 Å². The van der Waals surface area contributed by atoms with Gasteiger partial charge >= 0.3 is 5.97 Å². The third-order valence-electron chi connectivity index (χ3n) is 4.09. The summed E-state index contributed by atoms with van der Waals surface area (Å²) in [5, 5.41) is 0. The number of aryl methyl sites for hydroxylation is 1. The zero-order valence-corrected chi connectivity index (χ0v) is 17.0. The van der Waals surface area contributed by atoms with Crippen molar-refractivity contribution in [3.05, 3.63) is 29.8 Å². The molecule has 2 rings (SSSR count). The molecule has 1 fully saturated rings. The van der Waals surface area contributed by atoms with E-state index in [0.717, 1.165) is 24.2 Å². The van der Waals surface area contributed by atoms with Gasteiger partial charge in [-0.2, -0.15) is 20.2 Å². The summed E-state index contributed by atoms with van der Waals surface area (Å²) < 4.78 is 34.9. The molecule has 148 valence electrons. The average Bonchev–Trinajstić information content (AvgIpc) is 2.60. The second kappa shape index (κ2) is 11.6. The van der Waals surface area contributed by atoms with Gasteiger partial charge in [-0.3, -0.25) is 9.35 Å². The van der Waals surface area contributed by atoms with Crippen molar-refractivity contribution in [2.75, 3.05) is 12.0 Å². The van der Waals surface area contributed by atoms with Crippen LogP contribution >= 0.6 is 11.8 Å². The Morgan fingerprint density at radius 1 is 1.27 bits per heavy atom. The predicted molar refractivity (Wildman–Crippen MR) is 105 cm³/mol. The first-order chi connectivity index (χ1) is 12.2. The lowest BCUT2D eigenvalue weighted by atomic mass is 9.98. The average molecular weight is 404 g/mol. The molecule has 6 nitrogen and oxygen atoms in total. The molecule has 0 spiro atoms. The minimum Gasteiger partial charge on any atom is -0.461 e. The number of nitrogens with two attached hydrogens (primary N) is 1.